The van der Waals surface area contributed by atoms with E-state index in [1.54, 1.807) is 12.1 Å². The number of hydrogen-bond acceptors (Lipinski definition) is 4. The van der Waals surface area contributed by atoms with Crippen LogP contribution in [0.4, 0.5) is 10.1 Å². The molecule has 0 aromatic heterocycles. The van der Waals surface area contributed by atoms with Crippen molar-refractivity contribution in [2.75, 3.05) is 10.8 Å². The number of amides is 2. The Morgan fingerprint density at radius 3 is 2.22 bits per heavy atom. The molecule has 41 heavy (non-hydrogen) atoms. The average molecular weight is 580 g/mol. The zero-order chi connectivity index (χ0) is 29.6. The van der Waals surface area contributed by atoms with Crippen molar-refractivity contribution in [3.63, 3.8) is 0 Å². The van der Waals surface area contributed by atoms with Crippen molar-refractivity contribution in [3.05, 3.63) is 95.3 Å². The van der Waals surface area contributed by atoms with Crippen LogP contribution in [0.1, 0.15) is 55.7 Å². The first-order valence-corrected chi connectivity index (χ1v) is 15.5. The largest absolute Gasteiger partial charge is 0.352 e. The normalized spacial score (nSPS) is 14.4. The van der Waals surface area contributed by atoms with E-state index >= 15 is 4.39 Å². The van der Waals surface area contributed by atoms with Crippen molar-refractivity contribution in [3.8, 4) is 0 Å². The van der Waals surface area contributed by atoms with Gasteiger partial charge < -0.3 is 10.2 Å². The van der Waals surface area contributed by atoms with Gasteiger partial charge in [-0.05, 0) is 68.5 Å². The Hall–Kier alpha value is -3.72. The second kappa shape index (κ2) is 13.3. The van der Waals surface area contributed by atoms with Crippen LogP contribution in [0.25, 0.3) is 0 Å². The van der Waals surface area contributed by atoms with E-state index in [2.05, 4.69) is 5.32 Å². The Bertz CT molecular complexity index is 1470. The predicted molar refractivity (Wildman–Crippen MR) is 158 cm³/mol. The van der Waals surface area contributed by atoms with E-state index in [9.17, 15) is 18.0 Å². The average Bonchev–Trinajstić information content (AvgIpc) is 3.46. The van der Waals surface area contributed by atoms with Gasteiger partial charge in [0.25, 0.3) is 10.0 Å². The summed E-state index contributed by atoms with van der Waals surface area (Å²) in [5.41, 5.74) is 2.41. The fourth-order valence-corrected chi connectivity index (χ4v) is 6.68. The number of carbonyl (C=O) groups is 2. The molecule has 0 aliphatic heterocycles. The van der Waals surface area contributed by atoms with E-state index in [-0.39, 0.29) is 29.1 Å². The van der Waals surface area contributed by atoms with Gasteiger partial charge in [-0.1, -0.05) is 73.9 Å². The van der Waals surface area contributed by atoms with Crippen molar-refractivity contribution >= 4 is 27.5 Å². The molecule has 9 heteroatoms. The number of para-hydroxylation sites is 1. The highest BCUT2D eigenvalue weighted by Gasteiger charge is 2.35. The lowest BCUT2D eigenvalue weighted by atomic mass is 10.1. The molecule has 0 heterocycles. The van der Waals surface area contributed by atoms with E-state index < -0.39 is 34.3 Å². The van der Waals surface area contributed by atoms with E-state index in [1.807, 2.05) is 45.0 Å². The number of nitrogens with zero attached hydrogens (tertiary/aromatic N) is 2. The predicted octanol–water partition coefficient (Wildman–Crippen LogP) is 5.50. The van der Waals surface area contributed by atoms with Crippen LogP contribution >= 0.6 is 0 Å². The lowest BCUT2D eigenvalue weighted by Gasteiger charge is -2.34. The van der Waals surface area contributed by atoms with E-state index in [4.69, 9.17) is 0 Å². The summed E-state index contributed by atoms with van der Waals surface area (Å²) in [4.78, 5) is 29.0. The van der Waals surface area contributed by atoms with Crippen molar-refractivity contribution in [1.82, 2.24) is 10.2 Å². The zero-order valence-corrected chi connectivity index (χ0v) is 24.7. The number of anilines is 1. The number of hydrogen-bond donors (Lipinski definition) is 1. The SMILES string of the molecule is CC[C@@H](C(=O)NC1CCCC1)N(Cc1ccccc1C)C(=O)CN(c1ccccc1F)S(=O)(=O)c1ccc(C)cc1. The molecule has 2 amide bonds. The van der Waals surface area contributed by atoms with E-state index in [1.165, 1.54) is 35.2 Å². The van der Waals surface area contributed by atoms with Gasteiger partial charge in [-0.15, -0.1) is 0 Å². The molecule has 0 unspecified atom stereocenters. The molecule has 1 atom stereocenters. The molecule has 7 nitrogen and oxygen atoms in total. The van der Waals surface area contributed by atoms with Crippen LogP contribution in [0.3, 0.4) is 0 Å². The van der Waals surface area contributed by atoms with Crippen LogP contribution in [0.5, 0.6) is 0 Å². The minimum Gasteiger partial charge on any atom is -0.352 e. The van der Waals surface area contributed by atoms with Crippen molar-refractivity contribution < 1.29 is 22.4 Å². The van der Waals surface area contributed by atoms with E-state index in [0.29, 0.717) is 6.42 Å². The summed E-state index contributed by atoms with van der Waals surface area (Å²) >= 11 is 0. The van der Waals surface area contributed by atoms with Crippen molar-refractivity contribution in [2.24, 2.45) is 0 Å². The van der Waals surface area contributed by atoms with Gasteiger partial charge in [0, 0.05) is 12.6 Å². The monoisotopic (exact) mass is 579 g/mol. The third-order valence-electron chi connectivity index (χ3n) is 7.70. The molecule has 1 saturated carbocycles. The Morgan fingerprint density at radius 1 is 0.951 bits per heavy atom. The number of carbonyl (C=O) groups excluding carboxylic acids is 2. The van der Waals surface area contributed by atoms with Crippen LogP contribution in [0, 0.1) is 19.7 Å². The molecule has 3 aromatic carbocycles. The highest BCUT2D eigenvalue weighted by Crippen LogP contribution is 2.28. The number of aryl methyl sites for hydroxylation is 2. The lowest BCUT2D eigenvalue weighted by Crippen LogP contribution is -2.53. The number of rotatable bonds is 11. The molecule has 0 bridgehead atoms. The Balaban J connectivity index is 1.73. The summed E-state index contributed by atoms with van der Waals surface area (Å²) in [7, 11) is -4.33. The fraction of sp³-hybridized carbons (Fsp3) is 0.375. The first-order valence-electron chi connectivity index (χ1n) is 14.1. The van der Waals surface area contributed by atoms with Gasteiger partial charge in [-0.3, -0.25) is 13.9 Å². The fourth-order valence-electron chi connectivity index (χ4n) is 5.26. The minimum absolute atomic E-state index is 0.0591. The topological polar surface area (TPSA) is 86.8 Å². The smallest absolute Gasteiger partial charge is 0.264 e. The molecule has 1 aliphatic rings. The maximum Gasteiger partial charge on any atom is 0.264 e. The van der Waals surface area contributed by atoms with Gasteiger partial charge in [0.05, 0.1) is 10.6 Å². The molecular weight excluding hydrogens is 541 g/mol. The molecule has 1 N–H and O–H groups in total. The summed E-state index contributed by atoms with van der Waals surface area (Å²) in [5, 5.41) is 3.10. The third-order valence-corrected chi connectivity index (χ3v) is 9.47. The standard InChI is InChI=1S/C32H38FN3O4S/c1-4-29(32(38)34-26-13-7-8-14-26)35(21-25-12-6-5-11-24(25)3)31(37)22-36(30-16-10-9-15-28(30)33)41(39,40)27-19-17-23(2)18-20-27/h5-6,9-12,15-20,26,29H,4,7-8,13-14,21-22H2,1-3H3,(H,34,38)/t29-/m0/s1. The first kappa shape index (κ1) is 30.2. The molecule has 4 rings (SSSR count). The summed E-state index contributed by atoms with van der Waals surface area (Å²) in [6.07, 6.45) is 4.21. The Morgan fingerprint density at radius 2 is 1.59 bits per heavy atom. The summed E-state index contributed by atoms with van der Waals surface area (Å²) < 4.78 is 43.7. The Labute approximate surface area is 242 Å². The second-order valence-corrected chi connectivity index (χ2v) is 12.5. The maximum absolute atomic E-state index is 15.1. The third kappa shape index (κ3) is 7.14. The minimum atomic E-state index is -4.33. The second-order valence-electron chi connectivity index (χ2n) is 10.6. The maximum atomic E-state index is 15.1. The van der Waals surface area contributed by atoms with Gasteiger partial charge in [-0.2, -0.15) is 0 Å². The molecule has 3 aromatic rings. The molecular formula is C32H38FN3O4S. The van der Waals surface area contributed by atoms with Gasteiger partial charge in [0.15, 0.2) is 0 Å². The quantitative estimate of drug-likeness (QED) is 0.325. The van der Waals surface area contributed by atoms with Crippen molar-refractivity contribution in [2.45, 2.75) is 76.4 Å². The van der Waals surface area contributed by atoms with Crippen LogP contribution in [-0.4, -0.2) is 43.8 Å². The highest BCUT2D eigenvalue weighted by atomic mass is 32.2. The highest BCUT2D eigenvalue weighted by molar-refractivity contribution is 7.92. The number of halogens is 1. The van der Waals surface area contributed by atoms with Gasteiger partial charge in [0.1, 0.15) is 18.4 Å². The van der Waals surface area contributed by atoms with Gasteiger partial charge in [0.2, 0.25) is 11.8 Å². The van der Waals surface area contributed by atoms with Crippen LogP contribution in [0.15, 0.2) is 77.7 Å². The van der Waals surface area contributed by atoms with Gasteiger partial charge >= 0.3 is 0 Å². The molecule has 1 fully saturated rings. The number of sulfonamides is 1. The lowest BCUT2D eigenvalue weighted by molar-refractivity contribution is -0.140. The summed E-state index contributed by atoms with van der Waals surface area (Å²) in [5.74, 6) is -1.63. The van der Waals surface area contributed by atoms with Crippen LogP contribution in [0.2, 0.25) is 0 Å². The zero-order valence-electron chi connectivity index (χ0n) is 23.8. The molecule has 0 saturated heterocycles. The van der Waals surface area contributed by atoms with Crippen LogP contribution in [-0.2, 0) is 26.2 Å². The Kier molecular flexibility index (Phi) is 9.81. The van der Waals surface area contributed by atoms with Crippen LogP contribution < -0.4 is 9.62 Å². The number of nitrogens with one attached hydrogen (secondary N) is 1. The number of benzene rings is 3. The van der Waals surface area contributed by atoms with E-state index in [0.717, 1.165) is 52.7 Å². The van der Waals surface area contributed by atoms with Crippen molar-refractivity contribution in [1.29, 1.82) is 0 Å². The molecule has 0 spiro atoms. The molecule has 1 aliphatic carbocycles. The first-order chi connectivity index (χ1) is 19.6. The van der Waals surface area contributed by atoms with Gasteiger partial charge in [-0.25, -0.2) is 12.8 Å². The summed E-state index contributed by atoms with van der Waals surface area (Å²) in [6.45, 7) is 5.02. The molecule has 0 radical (unpaired) electrons. The molecule has 218 valence electrons. The summed E-state index contributed by atoms with van der Waals surface area (Å²) in [6, 6.07) is 18.5.